The lowest BCUT2D eigenvalue weighted by molar-refractivity contribution is 0.0898. The standard InChI is InChI=1S/C22H27ClFN3O2/c1-4-11-25-27-14(3)18(13(2)19(23)22(27)29)21(28)26-20(15-7-5-8-15)16-9-6-10-17(24)12-16/h6,9-10,12,15,20,25H,4-5,7-8,11H2,1-3H3,(H,26,28)/t20-/m0/s1. The number of pyridine rings is 1. The van der Waals surface area contributed by atoms with Gasteiger partial charge in [0.15, 0.2) is 0 Å². The molecule has 1 aliphatic carbocycles. The number of carbonyl (C=O) groups excluding carboxylic acids is 1. The summed E-state index contributed by atoms with van der Waals surface area (Å²) in [5.41, 5.74) is 4.74. The number of rotatable bonds is 7. The monoisotopic (exact) mass is 419 g/mol. The maximum Gasteiger partial charge on any atom is 0.288 e. The second-order valence-corrected chi connectivity index (χ2v) is 8.02. The van der Waals surface area contributed by atoms with Gasteiger partial charge in [0, 0.05) is 6.54 Å². The average Bonchev–Trinajstić information content (AvgIpc) is 2.64. The third kappa shape index (κ3) is 4.32. The fourth-order valence-electron chi connectivity index (χ4n) is 3.81. The predicted molar refractivity (Wildman–Crippen MR) is 114 cm³/mol. The lowest BCUT2D eigenvalue weighted by Crippen LogP contribution is -2.39. The molecular formula is C22H27ClFN3O2. The van der Waals surface area contributed by atoms with Crippen molar-refractivity contribution in [2.45, 2.75) is 52.5 Å². The van der Waals surface area contributed by atoms with Gasteiger partial charge in [0.2, 0.25) is 0 Å². The third-order valence-electron chi connectivity index (χ3n) is 5.65. The Morgan fingerprint density at radius 3 is 2.66 bits per heavy atom. The van der Waals surface area contributed by atoms with Crippen molar-refractivity contribution in [2.75, 3.05) is 12.0 Å². The van der Waals surface area contributed by atoms with Gasteiger partial charge in [0.25, 0.3) is 11.5 Å². The van der Waals surface area contributed by atoms with Gasteiger partial charge in [-0.3, -0.25) is 9.59 Å². The first kappa shape index (κ1) is 21.4. The van der Waals surface area contributed by atoms with Gasteiger partial charge in [-0.15, -0.1) is 0 Å². The van der Waals surface area contributed by atoms with Crippen LogP contribution in [0.4, 0.5) is 4.39 Å². The average molecular weight is 420 g/mol. The van der Waals surface area contributed by atoms with E-state index in [2.05, 4.69) is 10.7 Å². The van der Waals surface area contributed by atoms with Crippen LogP contribution in [-0.2, 0) is 0 Å². The first-order valence-corrected chi connectivity index (χ1v) is 10.4. The summed E-state index contributed by atoms with van der Waals surface area (Å²) in [5.74, 6) is -0.371. The summed E-state index contributed by atoms with van der Waals surface area (Å²) in [4.78, 5) is 25.8. The largest absolute Gasteiger partial charge is 0.345 e. The van der Waals surface area contributed by atoms with Gasteiger partial charge < -0.3 is 10.7 Å². The van der Waals surface area contributed by atoms with Crippen LogP contribution in [0.1, 0.15) is 65.8 Å². The van der Waals surface area contributed by atoms with Gasteiger partial charge in [-0.25, -0.2) is 9.07 Å². The molecule has 2 aromatic rings. The Balaban J connectivity index is 1.98. The molecule has 0 radical (unpaired) electrons. The van der Waals surface area contributed by atoms with Crippen molar-refractivity contribution in [3.05, 3.63) is 67.8 Å². The van der Waals surface area contributed by atoms with E-state index in [1.54, 1.807) is 19.9 Å². The zero-order chi connectivity index (χ0) is 21.1. The van der Waals surface area contributed by atoms with Crippen molar-refractivity contribution in [1.82, 2.24) is 9.99 Å². The number of halogens is 2. The highest BCUT2D eigenvalue weighted by Gasteiger charge is 2.31. The summed E-state index contributed by atoms with van der Waals surface area (Å²) in [6, 6.07) is 6.08. The first-order chi connectivity index (χ1) is 13.8. The molecule has 3 rings (SSSR count). The molecular weight excluding hydrogens is 393 g/mol. The molecule has 1 aromatic heterocycles. The molecule has 0 saturated heterocycles. The van der Waals surface area contributed by atoms with Gasteiger partial charge >= 0.3 is 0 Å². The molecule has 0 unspecified atom stereocenters. The highest BCUT2D eigenvalue weighted by molar-refractivity contribution is 6.31. The van der Waals surface area contributed by atoms with Gasteiger partial charge in [-0.1, -0.05) is 37.1 Å². The van der Waals surface area contributed by atoms with E-state index in [1.807, 2.05) is 13.0 Å². The SMILES string of the molecule is CCCNn1c(C)c(C(=O)N[C@H](c2cccc(F)c2)C2CCC2)c(C)c(Cl)c1=O. The van der Waals surface area contributed by atoms with E-state index in [1.165, 1.54) is 16.8 Å². The van der Waals surface area contributed by atoms with Gasteiger partial charge in [-0.2, -0.15) is 0 Å². The van der Waals surface area contributed by atoms with Crippen LogP contribution < -0.4 is 16.3 Å². The van der Waals surface area contributed by atoms with Gasteiger partial charge in [0.1, 0.15) is 10.8 Å². The van der Waals surface area contributed by atoms with Crippen molar-refractivity contribution in [1.29, 1.82) is 0 Å². The minimum atomic E-state index is -0.368. The smallest absolute Gasteiger partial charge is 0.288 e. The second-order valence-electron chi connectivity index (χ2n) is 7.65. The summed E-state index contributed by atoms with van der Waals surface area (Å²) < 4.78 is 15.1. The van der Waals surface area contributed by atoms with Crippen LogP contribution >= 0.6 is 11.6 Å². The number of amides is 1. The van der Waals surface area contributed by atoms with Gasteiger partial charge in [0.05, 0.1) is 17.3 Å². The fourth-order valence-corrected chi connectivity index (χ4v) is 3.99. The lowest BCUT2D eigenvalue weighted by Gasteiger charge is -2.35. The van der Waals surface area contributed by atoms with E-state index in [9.17, 15) is 14.0 Å². The highest BCUT2D eigenvalue weighted by Crippen LogP contribution is 2.38. The van der Waals surface area contributed by atoms with Crippen LogP contribution in [0, 0.1) is 25.6 Å². The van der Waals surface area contributed by atoms with Gasteiger partial charge in [-0.05, 0) is 62.3 Å². The number of aromatic nitrogens is 1. The van der Waals surface area contributed by atoms with Crippen LogP contribution in [0.3, 0.4) is 0 Å². The van der Waals surface area contributed by atoms with E-state index in [0.717, 1.165) is 31.2 Å². The highest BCUT2D eigenvalue weighted by atomic mass is 35.5. The van der Waals surface area contributed by atoms with Crippen molar-refractivity contribution < 1.29 is 9.18 Å². The maximum absolute atomic E-state index is 13.8. The van der Waals surface area contributed by atoms with Crippen molar-refractivity contribution in [3.63, 3.8) is 0 Å². The number of hydrogen-bond donors (Lipinski definition) is 2. The molecule has 1 amide bonds. The summed E-state index contributed by atoms with van der Waals surface area (Å²) in [7, 11) is 0. The second kappa shape index (κ2) is 8.99. The molecule has 1 atom stereocenters. The zero-order valence-corrected chi connectivity index (χ0v) is 17.8. The molecule has 2 N–H and O–H groups in total. The van der Waals surface area contributed by atoms with E-state index in [0.29, 0.717) is 23.4 Å². The van der Waals surface area contributed by atoms with Crippen molar-refractivity contribution in [3.8, 4) is 0 Å². The van der Waals surface area contributed by atoms with Crippen LogP contribution in [-0.4, -0.2) is 17.1 Å². The predicted octanol–water partition coefficient (Wildman–Crippen LogP) is 4.48. The molecule has 1 heterocycles. The van der Waals surface area contributed by atoms with Crippen LogP contribution in [0.15, 0.2) is 29.1 Å². The number of carbonyl (C=O) groups is 1. The third-order valence-corrected chi connectivity index (χ3v) is 6.10. The summed E-state index contributed by atoms with van der Waals surface area (Å²) in [6.45, 7) is 5.97. The number of nitrogens with zero attached hydrogens (tertiary/aromatic N) is 1. The minimum Gasteiger partial charge on any atom is -0.345 e. The minimum absolute atomic E-state index is 0.0234. The Hall–Kier alpha value is -2.34. The molecule has 1 aliphatic rings. The summed E-state index contributed by atoms with van der Waals surface area (Å²) in [6.07, 6.45) is 3.89. The first-order valence-electron chi connectivity index (χ1n) is 10.1. The Labute approximate surface area is 175 Å². The molecule has 0 aliphatic heterocycles. The summed E-state index contributed by atoms with van der Waals surface area (Å²) >= 11 is 6.26. The molecule has 1 aromatic carbocycles. The van der Waals surface area contributed by atoms with E-state index in [-0.39, 0.29) is 34.3 Å². The Kier molecular flexibility index (Phi) is 6.63. The molecule has 1 saturated carbocycles. The Morgan fingerprint density at radius 1 is 1.34 bits per heavy atom. The maximum atomic E-state index is 13.8. The van der Waals surface area contributed by atoms with E-state index in [4.69, 9.17) is 11.6 Å². The molecule has 5 nitrogen and oxygen atoms in total. The quantitative estimate of drug-likeness (QED) is 0.695. The van der Waals surface area contributed by atoms with Crippen molar-refractivity contribution in [2.24, 2.45) is 5.92 Å². The van der Waals surface area contributed by atoms with E-state index < -0.39 is 0 Å². The molecule has 1 fully saturated rings. The van der Waals surface area contributed by atoms with Crippen LogP contribution in [0.5, 0.6) is 0 Å². The van der Waals surface area contributed by atoms with Crippen molar-refractivity contribution >= 4 is 17.5 Å². The Morgan fingerprint density at radius 2 is 2.07 bits per heavy atom. The molecule has 0 spiro atoms. The molecule has 7 heteroatoms. The Bertz CT molecular complexity index is 969. The zero-order valence-electron chi connectivity index (χ0n) is 17.0. The number of hydrogen-bond acceptors (Lipinski definition) is 3. The summed E-state index contributed by atoms with van der Waals surface area (Å²) in [5, 5.41) is 3.11. The molecule has 29 heavy (non-hydrogen) atoms. The number of nitrogens with one attached hydrogen (secondary N) is 2. The lowest BCUT2D eigenvalue weighted by atomic mass is 9.77. The number of benzene rings is 1. The molecule has 156 valence electrons. The molecule has 0 bridgehead atoms. The topological polar surface area (TPSA) is 63.1 Å². The van der Waals surface area contributed by atoms with Crippen LogP contribution in [0.2, 0.25) is 5.02 Å². The van der Waals surface area contributed by atoms with E-state index >= 15 is 0 Å². The fraction of sp³-hybridized carbons (Fsp3) is 0.455. The van der Waals surface area contributed by atoms with Crippen LogP contribution in [0.25, 0.3) is 0 Å². The normalized spacial score (nSPS) is 14.9.